The van der Waals surface area contributed by atoms with Crippen LogP contribution in [-0.4, -0.2) is 20.2 Å². The number of aromatic nitrogens is 4. The molecule has 3 aromatic heterocycles. The molecule has 0 saturated heterocycles. The Labute approximate surface area is 146 Å². The Morgan fingerprint density at radius 2 is 1.92 bits per heavy atom. The molecule has 0 bridgehead atoms. The van der Waals surface area contributed by atoms with Crippen molar-refractivity contribution in [3.8, 4) is 17.2 Å². The number of benzene rings is 1. The maximum Gasteiger partial charge on any atom is 0.314 e. The topological polar surface area (TPSA) is 73.9 Å². The van der Waals surface area contributed by atoms with Gasteiger partial charge in [-0.1, -0.05) is 6.07 Å². The molecule has 0 unspecified atom stereocenters. The minimum atomic E-state index is -2.80. The lowest BCUT2D eigenvalue weighted by Crippen LogP contribution is -1.98. The quantitative estimate of drug-likeness (QED) is 0.535. The van der Waals surface area contributed by atoms with Gasteiger partial charge in [0.15, 0.2) is 0 Å². The van der Waals surface area contributed by atoms with E-state index in [1.165, 1.54) is 6.20 Å². The van der Waals surface area contributed by atoms with Crippen LogP contribution in [0.5, 0.6) is 5.75 Å². The second-order valence-corrected chi connectivity index (χ2v) is 5.46. The first-order chi connectivity index (χ1) is 12.7. The van der Waals surface area contributed by atoms with Crippen molar-refractivity contribution in [2.24, 2.45) is 0 Å². The van der Waals surface area contributed by atoms with Gasteiger partial charge in [-0.15, -0.1) is 10.2 Å². The molecule has 26 heavy (non-hydrogen) atoms. The maximum atomic E-state index is 12.5. The number of nitrogens with zero attached hydrogens (tertiary/aromatic N) is 4. The summed E-state index contributed by atoms with van der Waals surface area (Å²) in [4.78, 5) is 8.32. The summed E-state index contributed by atoms with van der Waals surface area (Å²) in [5.41, 5.74) is 1.14. The highest BCUT2D eigenvalue weighted by atomic mass is 19.3. The normalized spacial score (nSPS) is 11.2. The molecule has 0 N–H and O–H groups in total. The second-order valence-electron chi connectivity index (χ2n) is 5.46. The van der Waals surface area contributed by atoms with Gasteiger partial charge in [-0.05, 0) is 35.7 Å². The van der Waals surface area contributed by atoms with Crippen molar-refractivity contribution in [1.82, 2.24) is 20.2 Å². The van der Waals surface area contributed by atoms with Crippen LogP contribution in [0.3, 0.4) is 0 Å². The Morgan fingerprint density at radius 1 is 1.00 bits per heavy atom. The van der Waals surface area contributed by atoms with Crippen LogP contribution in [0.4, 0.5) is 8.78 Å². The smallest absolute Gasteiger partial charge is 0.314 e. The number of hydrogen-bond donors (Lipinski definition) is 0. The zero-order valence-electron chi connectivity index (χ0n) is 13.3. The fraction of sp³-hybridized carbons (Fsp3) is 0.111. The third kappa shape index (κ3) is 3.34. The van der Waals surface area contributed by atoms with Gasteiger partial charge < -0.3 is 9.15 Å². The third-order valence-electron chi connectivity index (χ3n) is 3.70. The minimum absolute atomic E-state index is 0.00213. The summed E-state index contributed by atoms with van der Waals surface area (Å²) in [6, 6.07) is 11.0. The molecular formula is C18H12F2N4O2. The Bertz CT molecular complexity index is 1030. The Balaban J connectivity index is 1.44. The van der Waals surface area contributed by atoms with E-state index in [0.717, 1.165) is 10.8 Å². The molecule has 0 spiro atoms. The van der Waals surface area contributed by atoms with Gasteiger partial charge in [0.05, 0.1) is 11.3 Å². The molecule has 0 aliphatic heterocycles. The first-order valence-corrected chi connectivity index (χ1v) is 7.72. The van der Waals surface area contributed by atoms with E-state index >= 15 is 0 Å². The van der Waals surface area contributed by atoms with Crippen LogP contribution in [-0.2, 0) is 6.61 Å². The average Bonchev–Trinajstić information content (AvgIpc) is 3.17. The molecule has 0 amide bonds. The molecule has 0 aliphatic rings. The molecule has 3 heterocycles. The minimum Gasteiger partial charge on any atom is -0.487 e. The van der Waals surface area contributed by atoms with E-state index in [9.17, 15) is 8.78 Å². The second kappa shape index (κ2) is 6.83. The van der Waals surface area contributed by atoms with Crippen LogP contribution in [0.2, 0.25) is 0 Å². The average molecular weight is 354 g/mol. The van der Waals surface area contributed by atoms with Crippen molar-refractivity contribution in [2.45, 2.75) is 13.0 Å². The molecule has 0 radical (unpaired) electrons. The van der Waals surface area contributed by atoms with Crippen LogP contribution in [0.1, 0.15) is 18.0 Å². The van der Waals surface area contributed by atoms with E-state index in [-0.39, 0.29) is 12.5 Å². The van der Waals surface area contributed by atoms with Crippen molar-refractivity contribution < 1.29 is 17.9 Å². The van der Waals surface area contributed by atoms with Crippen LogP contribution < -0.4 is 4.74 Å². The molecule has 0 atom stereocenters. The van der Waals surface area contributed by atoms with Gasteiger partial charge in [0, 0.05) is 24.0 Å². The van der Waals surface area contributed by atoms with Crippen LogP contribution in [0, 0.1) is 0 Å². The molecule has 4 aromatic rings. The van der Waals surface area contributed by atoms with Gasteiger partial charge >= 0.3 is 6.43 Å². The van der Waals surface area contributed by atoms with Gasteiger partial charge in [0.1, 0.15) is 12.4 Å². The molecule has 0 fully saturated rings. The molecule has 0 saturated carbocycles. The lowest BCUT2D eigenvalue weighted by Gasteiger charge is -2.07. The lowest BCUT2D eigenvalue weighted by molar-refractivity contribution is 0.116. The summed E-state index contributed by atoms with van der Waals surface area (Å²) in [7, 11) is 0. The van der Waals surface area contributed by atoms with E-state index in [1.54, 1.807) is 24.5 Å². The van der Waals surface area contributed by atoms with Crippen LogP contribution >= 0.6 is 0 Å². The summed E-state index contributed by atoms with van der Waals surface area (Å²) >= 11 is 0. The first-order valence-electron chi connectivity index (χ1n) is 7.72. The van der Waals surface area contributed by atoms with E-state index in [4.69, 9.17) is 9.15 Å². The number of ether oxygens (including phenoxy) is 1. The summed E-state index contributed by atoms with van der Waals surface area (Å²) in [6.45, 7) is 0.262. The number of rotatable bonds is 5. The lowest BCUT2D eigenvalue weighted by atomic mass is 10.2. The van der Waals surface area contributed by atoms with Crippen molar-refractivity contribution >= 4 is 10.8 Å². The predicted molar refractivity (Wildman–Crippen MR) is 88.6 cm³/mol. The van der Waals surface area contributed by atoms with Gasteiger partial charge in [0.25, 0.3) is 5.89 Å². The summed E-state index contributed by atoms with van der Waals surface area (Å²) in [6.07, 6.45) is 2.19. The van der Waals surface area contributed by atoms with E-state index in [0.29, 0.717) is 17.0 Å². The SMILES string of the molecule is FC(F)c1nnc(-c2ccc(COc3ccc4ccncc4c3)nc2)o1. The summed E-state index contributed by atoms with van der Waals surface area (Å²) < 4.78 is 35.6. The van der Waals surface area contributed by atoms with Crippen LogP contribution in [0.25, 0.3) is 22.2 Å². The molecule has 8 heteroatoms. The van der Waals surface area contributed by atoms with Crippen molar-refractivity contribution in [2.75, 3.05) is 0 Å². The molecule has 4 rings (SSSR count). The number of pyridine rings is 2. The van der Waals surface area contributed by atoms with E-state index < -0.39 is 12.3 Å². The van der Waals surface area contributed by atoms with Crippen molar-refractivity contribution in [1.29, 1.82) is 0 Å². The number of alkyl halides is 2. The third-order valence-corrected chi connectivity index (χ3v) is 3.70. The molecule has 130 valence electrons. The first kappa shape index (κ1) is 16.1. The van der Waals surface area contributed by atoms with E-state index in [1.807, 2.05) is 24.3 Å². The monoisotopic (exact) mass is 354 g/mol. The number of fused-ring (bicyclic) bond motifs is 1. The molecule has 6 nitrogen and oxygen atoms in total. The van der Waals surface area contributed by atoms with Crippen molar-refractivity contribution in [3.05, 3.63) is 66.6 Å². The standard InChI is InChI=1S/C18H12F2N4O2/c19-16(20)18-24-23-17(26-18)12-1-3-14(22-9-12)10-25-15-4-2-11-5-6-21-8-13(11)7-15/h1-9,16H,10H2. The summed E-state index contributed by atoms with van der Waals surface area (Å²) in [5.74, 6) is -0.00430. The number of halogens is 2. The van der Waals surface area contributed by atoms with Crippen molar-refractivity contribution in [3.63, 3.8) is 0 Å². The van der Waals surface area contributed by atoms with E-state index in [2.05, 4.69) is 20.2 Å². The van der Waals surface area contributed by atoms with Gasteiger partial charge in [0.2, 0.25) is 5.89 Å². The van der Waals surface area contributed by atoms with Crippen LogP contribution in [0.15, 0.2) is 59.4 Å². The van der Waals surface area contributed by atoms with Gasteiger partial charge in [-0.2, -0.15) is 8.78 Å². The summed E-state index contributed by atoms with van der Waals surface area (Å²) in [5, 5.41) is 8.94. The maximum absolute atomic E-state index is 12.5. The highest BCUT2D eigenvalue weighted by Crippen LogP contribution is 2.23. The highest BCUT2D eigenvalue weighted by Gasteiger charge is 2.17. The van der Waals surface area contributed by atoms with Gasteiger partial charge in [-0.25, -0.2) is 0 Å². The Kier molecular flexibility index (Phi) is 4.22. The number of hydrogen-bond acceptors (Lipinski definition) is 6. The largest absolute Gasteiger partial charge is 0.487 e. The zero-order valence-corrected chi connectivity index (χ0v) is 13.3. The Morgan fingerprint density at radius 3 is 2.69 bits per heavy atom. The molecule has 1 aromatic carbocycles. The fourth-order valence-electron chi connectivity index (χ4n) is 2.39. The molecule has 0 aliphatic carbocycles. The molecular weight excluding hydrogens is 342 g/mol. The predicted octanol–water partition coefficient (Wildman–Crippen LogP) is 4.20. The fourth-order valence-corrected chi connectivity index (χ4v) is 2.39. The Hall–Kier alpha value is -3.42. The highest BCUT2D eigenvalue weighted by molar-refractivity contribution is 5.82. The zero-order chi connectivity index (χ0) is 17.9. The van der Waals surface area contributed by atoms with Gasteiger partial charge in [-0.3, -0.25) is 9.97 Å².